The van der Waals surface area contributed by atoms with Crippen LogP contribution in [0.2, 0.25) is 0 Å². The van der Waals surface area contributed by atoms with E-state index in [0.717, 1.165) is 11.4 Å². The van der Waals surface area contributed by atoms with E-state index in [1.54, 1.807) is 0 Å². The highest BCUT2D eigenvalue weighted by Crippen LogP contribution is 2.13. The Labute approximate surface area is 111 Å². The van der Waals surface area contributed by atoms with Gasteiger partial charge < -0.3 is 10.4 Å². The smallest absolute Gasteiger partial charge is 0.305 e. The predicted octanol–water partition coefficient (Wildman–Crippen LogP) is 0.165. The number of nitrogens with one attached hydrogen (secondary N) is 1. The van der Waals surface area contributed by atoms with E-state index in [9.17, 15) is 9.59 Å². The van der Waals surface area contributed by atoms with Crippen molar-refractivity contribution in [3.63, 3.8) is 0 Å². The predicted molar refractivity (Wildman–Crippen MR) is 68.4 cm³/mol. The average molecular weight is 263 g/mol. The molecule has 1 atom stereocenters. The van der Waals surface area contributed by atoms with Crippen molar-refractivity contribution < 1.29 is 14.7 Å². The van der Waals surface area contributed by atoms with Crippen LogP contribution in [-0.2, 0) is 16.1 Å². The summed E-state index contributed by atoms with van der Waals surface area (Å²) in [6.45, 7) is 3.58. The Kier molecular flexibility index (Phi) is 4.11. The highest BCUT2D eigenvalue weighted by molar-refractivity contribution is 5.86. The van der Waals surface area contributed by atoms with Crippen molar-refractivity contribution in [1.82, 2.24) is 15.2 Å². The van der Waals surface area contributed by atoms with Gasteiger partial charge >= 0.3 is 5.97 Å². The van der Waals surface area contributed by atoms with Crippen molar-refractivity contribution in [2.45, 2.75) is 25.9 Å². The van der Waals surface area contributed by atoms with Gasteiger partial charge in [-0.05, 0) is 19.1 Å². The molecule has 1 aliphatic heterocycles. The van der Waals surface area contributed by atoms with Gasteiger partial charge in [-0.2, -0.15) is 0 Å². The Bertz CT molecular complexity index is 490. The fourth-order valence-corrected chi connectivity index (χ4v) is 2.23. The van der Waals surface area contributed by atoms with Gasteiger partial charge in [0.1, 0.15) is 6.04 Å². The molecule has 0 saturated carbocycles. The third-order valence-electron chi connectivity index (χ3n) is 3.12. The first-order chi connectivity index (χ1) is 9.06. The van der Waals surface area contributed by atoms with Crippen LogP contribution in [0.1, 0.15) is 17.8 Å². The number of nitrogens with zero attached hydrogens (tertiary/aromatic N) is 2. The molecule has 1 aromatic heterocycles. The molecular formula is C13H17N3O3. The van der Waals surface area contributed by atoms with Crippen molar-refractivity contribution in [2.24, 2.45) is 0 Å². The van der Waals surface area contributed by atoms with Gasteiger partial charge in [0.25, 0.3) is 0 Å². The fraction of sp³-hybridized carbons (Fsp3) is 0.462. The number of carbonyl (C=O) groups excluding carboxylic acids is 1. The van der Waals surface area contributed by atoms with Gasteiger partial charge in [-0.25, -0.2) is 0 Å². The number of piperazine rings is 1. The van der Waals surface area contributed by atoms with Crippen LogP contribution in [0.5, 0.6) is 0 Å². The molecule has 102 valence electrons. The quantitative estimate of drug-likeness (QED) is 0.809. The molecule has 1 unspecified atom stereocenters. The molecule has 2 N–H and O–H groups in total. The van der Waals surface area contributed by atoms with Gasteiger partial charge in [0.15, 0.2) is 0 Å². The lowest BCUT2D eigenvalue weighted by atomic mass is 10.1. The zero-order chi connectivity index (χ0) is 13.8. The number of pyridine rings is 1. The molecule has 0 spiro atoms. The molecule has 1 saturated heterocycles. The SMILES string of the molecule is Cc1cccc(CN2CCNC(=O)C2CC(=O)O)n1. The summed E-state index contributed by atoms with van der Waals surface area (Å²) >= 11 is 0. The Morgan fingerprint density at radius 2 is 2.37 bits per heavy atom. The van der Waals surface area contributed by atoms with Crippen molar-refractivity contribution in [1.29, 1.82) is 0 Å². The maximum Gasteiger partial charge on any atom is 0.305 e. The van der Waals surface area contributed by atoms with Crippen LogP contribution in [0.3, 0.4) is 0 Å². The average Bonchev–Trinajstić information content (AvgIpc) is 2.33. The lowest BCUT2D eigenvalue weighted by molar-refractivity contribution is -0.143. The maximum atomic E-state index is 11.8. The van der Waals surface area contributed by atoms with Gasteiger partial charge in [-0.1, -0.05) is 6.07 Å². The van der Waals surface area contributed by atoms with Crippen molar-refractivity contribution in [3.05, 3.63) is 29.6 Å². The third-order valence-corrected chi connectivity index (χ3v) is 3.12. The second-order valence-electron chi connectivity index (χ2n) is 4.65. The molecule has 1 fully saturated rings. The second kappa shape index (κ2) is 5.79. The number of carbonyl (C=O) groups is 2. The van der Waals surface area contributed by atoms with Crippen LogP contribution in [0, 0.1) is 6.92 Å². The molecule has 0 bridgehead atoms. The minimum Gasteiger partial charge on any atom is -0.481 e. The lowest BCUT2D eigenvalue weighted by Crippen LogP contribution is -2.55. The summed E-state index contributed by atoms with van der Waals surface area (Å²) in [5.41, 5.74) is 1.76. The van der Waals surface area contributed by atoms with Crippen LogP contribution in [0.4, 0.5) is 0 Å². The van der Waals surface area contributed by atoms with E-state index in [2.05, 4.69) is 10.3 Å². The minimum absolute atomic E-state index is 0.183. The van der Waals surface area contributed by atoms with Crippen molar-refractivity contribution in [3.8, 4) is 0 Å². The van der Waals surface area contributed by atoms with E-state index in [1.165, 1.54) is 0 Å². The number of aliphatic carboxylic acids is 1. The topological polar surface area (TPSA) is 82.5 Å². The van der Waals surface area contributed by atoms with E-state index in [4.69, 9.17) is 5.11 Å². The van der Waals surface area contributed by atoms with Crippen LogP contribution >= 0.6 is 0 Å². The summed E-state index contributed by atoms with van der Waals surface area (Å²) in [5, 5.41) is 11.6. The summed E-state index contributed by atoms with van der Waals surface area (Å²) < 4.78 is 0. The van der Waals surface area contributed by atoms with Gasteiger partial charge in [0.05, 0.1) is 12.1 Å². The summed E-state index contributed by atoms with van der Waals surface area (Å²) in [7, 11) is 0. The summed E-state index contributed by atoms with van der Waals surface area (Å²) in [4.78, 5) is 28.9. The first-order valence-electron chi connectivity index (χ1n) is 6.22. The molecule has 2 rings (SSSR count). The molecule has 0 radical (unpaired) electrons. The molecule has 6 heteroatoms. The highest BCUT2D eigenvalue weighted by atomic mass is 16.4. The zero-order valence-electron chi connectivity index (χ0n) is 10.8. The molecule has 1 aliphatic rings. The second-order valence-corrected chi connectivity index (χ2v) is 4.65. The van der Waals surface area contributed by atoms with Crippen LogP contribution in [0.15, 0.2) is 18.2 Å². The molecule has 1 aromatic rings. The highest BCUT2D eigenvalue weighted by Gasteiger charge is 2.31. The van der Waals surface area contributed by atoms with Crippen molar-refractivity contribution >= 4 is 11.9 Å². The summed E-state index contributed by atoms with van der Waals surface area (Å²) in [6.07, 6.45) is -0.183. The minimum atomic E-state index is -0.968. The largest absolute Gasteiger partial charge is 0.481 e. The standard InChI is InChI=1S/C13H17N3O3/c1-9-3-2-4-10(15-9)8-16-6-5-14-13(19)11(16)7-12(17)18/h2-4,11H,5-8H2,1H3,(H,14,19)(H,17,18). The number of amides is 1. The van der Waals surface area contributed by atoms with Crippen LogP contribution < -0.4 is 5.32 Å². The van der Waals surface area contributed by atoms with E-state index < -0.39 is 12.0 Å². The number of hydrogen-bond donors (Lipinski definition) is 2. The number of aromatic nitrogens is 1. The third kappa shape index (κ3) is 3.51. The molecule has 0 aromatic carbocycles. The molecule has 1 amide bonds. The number of aryl methyl sites for hydroxylation is 1. The van der Waals surface area contributed by atoms with E-state index in [1.807, 2.05) is 30.0 Å². The summed E-state index contributed by atoms with van der Waals surface area (Å²) in [5.74, 6) is -1.19. The van der Waals surface area contributed by atoms with Crippen molar-refractivity contribution in [2.75, 3.05) is 13.1 Å². The molecular weight excluding hydrogens is 246 g/mol. The van der Waals surface area contributed by atoms with Gasteiger partial charge in [0.2, 0.25) is 5.91 Å². The Hall–Kier alpha value is -1.95. The number of carboxylic acid groups (broad SMARTS) is 1. The fourth-order valence-electron chi connectivity index (χ4n) is 2.23. The van der Waals surface area contributed by atoms with Gasteiger partial charge in [0, 0.05) is 25.3 Å². The van der Waals surface area contributed by atoms with E-state index in [0.29, 0.717) is 19.6 Å². The van der Waals surface area contributed by atoms with Crippen LogP contribution in [-0.4, -0.2) is 46.0 Å². The molecule has 6 nitrogen and oxygen atoms in total. The Morgan fingerprint density at radius 1 is 1.58 bits per heavy atom. The molecule has 0 aliphatic carbocycles. The van der Waals surface area contributed by atoms with Crippen LogP contribution in [0.25, 0.3) is 0 Å². The first kappa shape index (κ1) is 13.5. The monoisotopic (exact) mass is 263 g/mol. The van der Waals surface area contributed by atoms with Gasteiger partial charge in [-0.3, -0.25) is 19.5 Å². The Morgan fingerprint density at radius 3 is 3.05 bits per heavy atom. The number of hydrogen-bond acceptors (Lipinski definition) is 4. The normalized spacial score (nSPS) is 20.1. The number of carboxylic acids is 1. The number of rotatable bonds is 4. The van der Waals surface area contributed by atoms with E-state index >= 15 is 0 Å². The van der Waals surface area contributed by atoms with E-state index in [-0.39, 0.29) is 12.3 Å². The van der Waals surface area contributed by atoms with Gasteiger partial charge in [-0.15, -0.1) is 0 Å². The molecule has 2 heterocycles. The first-order valence-corrected chi connectivity index (χ1v) is 6.22. The Balaban J connectivity index is 2.11. The zero-order valence-corrected chi connectivity index (χ0v) is 10.8. The molecule has 19 heavy (non-hydrogen) atoms. The maximum absolute atomic E-state index is 11.8. The lowest BCUT2D eigenvalue weighted by Gasteiger charge is -2.33. The summed E-state index contributed by atoms with van der Waals surface area (Å²) in [6, 6.07) is 5.08.